The van der Waals surface area contributed by atoms with Gasteiger partial charge in [0.05, 0.1) is 11.8 Å². The van der Waals surface area contributed by atoms with E-state index in [4.69, 9.17) is 4.74 Å². The maximum atomic E-state index is 13.9. The first-order chi connectivity index (χ1) is 14.5. The second-order valence-electron chi connectivity index (χ2n) is 6.98. The Kier molecular flexibility index (Phi) is 5.89. The Morgan fingerprint density at radius 3 is 2.80 bits per heavy atom. The fourth-order valence-corrected chi connectivity index (χ4v) is 4.54. The summed E-state index contributed by atoms with van der Waals surface area (Å²) >= 11 is 1.34. The number of carbonyl (C=O) groups excluding carboxylic acids is 3. The average molecular weight is 429 g/mol. The quantitative estimate of drug-likeness (QED) is 0.763. The van der Waals surface area contributed by atoms with Gasteiger partial charge in [0, 0.05) is 17.1 Å². The smallest absolute Gasteiger partial charge is 0.414 e. The number of anilines is 2. The van der Waals surface area contributed by atoms with Crippen LogP contribution < -0.4 is 15.5 Å². The third-order valence-electron chi connectivity index (χ3n) is 4.94. The number of nitrogens with one attached hydrogen (secondary N) is 2. The van der Waals surface area contributed by atoms with Crippen LogP contribution in [0.2, 0.25) is 0 Å². The molecule has 2 atom stereocenters. The molecule has 30 heavy (non-hydrogen) atoms. The summed E-state index contributed by atoms with van der Waals surface area (Å²) in [5.74, 6) is -0.591. The predicted molar refractivity (Wildman–Crippen MR) is 112 cm³/mol. The molecule has 2 fully saturated rings. The first-order valence-corrected chi connectivity index (χ1v) is 10.6. The first-order valence-electron chi connectivity index (χ1n) is 9.52. The van der Waals surface area contributed by atoms with Gasteiger partial charge in [0.2, 0.25) is 11.8 Å². The Balaban J connectivity index is 1.36. The molecule has 0 radical (unpaired) electrons. The van der Waals surface area contributed by atoms with E-state index in [0.29, 0.717) is 35.8 Å². The number of ether oxygens (including phenoxy) is 1. The SMILES string of the molecule is O=C(Nc1cccc(N2CCOC2=O)c1)[C@H]1CS[C@H](Cc2ccccc2F)C(=O)N1. The summed E-state index contributed by atoms with van der Waals surface area (Å²) < 4.78 is 18.8. The largest absolute Gasteiger partial charge is 0.447 e. The minimum atomic E-state index is -0.695. The average Bonchev–Trinajstić information content (AvgIpc) is 3.17. The summed E-state index contributed by atoms with van der Waals surface area (Å²) in [6.45, 7) is 0.781. The Bertz CT molecular complexity index is 986. The Morgan fingerprint density at radius 2 is 2.07 bits per heavy atom. The third kappa shape index (κ3) is 4.40. The van der Waals surface area contributed by atoms with Gasteiger partial charge >= 0.3 is 6.09 Å². The second-order valence-corrected chi connectivity index (χ2v) is 8.22. The molecule has 0 bridgehead atoms. The van der Waals surface area contributed by atoms with Gasteiger partial charge in [0.25, 0.3) is 0 Å². The molecule has 7 nitrogen and oxygen atoms in total. The van der Waals surface area contributed by atoms with Crippen molar-refractivity contribution in [3.8, 4) is 0 Å². The van der Waals surface area contributed by atoms with Gasteiger partial charge in [-0.1, -0.05) is 24.3 Å². The Hall–Kier alpha value is -3.07. The molecule has 2 aliphatic heterocycles. The van der Waals surface area contributed by atoms with Crippen LogP contribution in [0.5, 0.6) is 0 Å². The number of nitrogens with zero attached hydrogens (tertiary/aromatic N) is 1. The van der Waals surface area contributed by atoms with Gasteiger partial charge in [0.15, 0.2) is 0 Å². The fraction of sp³-hybridized carbons (Fsp3) is 0.286. The molecular weight excluding hydrogens is 409 g/mol. The van der Waals surface area contributed by atoms with Crippen LogP contribution >= 0.6 is 11.8 Å². The lowest BCUT2D eigenvalue weighted by Gasteiger charge is -2.28. The summed E-state index contributed by atoms with van der Waals surface area (Å²) in [5.41, 5.74) is 1.62. The molecule has 156 valence electrons. The number of hydrogen-bond acceptors (Lipinski definition) is 5. The van der Waals surface area contributed by atoms with Crippen molar-refractivity contribution in [2.75, 3.05) is 29.1 Å². The fourth-order valence-electron chi connectivity index (χ4n) is 3.36. The summed E-state index contributed by atoms with van der Waals surface area (Å²) in [6, 6.07) is 12.6. The molecule has 2 saturated heterocycles. The number of cyclic esters (lactones) is 1. The molecule has 2 aromatic rings. The second kappa shape index (κ2) is 8.74. The van der Waals surface area contributed by atoms with Crippen molar-refractivity contribution >= 4 is 41.0 Å². The van der Waals surface area contributed by atoms with Gasteiger partial charge in [-0.05, 0) is 36.2 Å². The van der Waals surface area contributed by atoms with Crippen LogP contribution in [0.1, 0.15) is 5.56 Å². The minimum absolute atomic E-state index is 0.269. The molecule has 2 N–H and O–H groups in total. The van der Waals surface area contributed by atoms with Gasteiger partial charge in [-0.25, -0.2) is 9.18 Å². The van der Waals surface area contributed by atoms with Crippen molar-refractivity contribution in [3.63, 3.8) is 0 Å². The van der Waals surface area contributed by atoms with Gasteiger partial charge in [-0.15, -0.1) is 11.8 Å². The lowest BCUT2D eigenvalue weighted by atomic mass is 10.1. The van der Waals surface area contributed by atoms with E-state index in [0.717, 1.165) is 0 Å². The molecule has 0 aromatic heterocycles. The normalized spacial score (nSPS) is 21.2. The number of carbonyl (C=O) groups is 3. The van der Waals surface area contributed by atoms with E-state index >= 15 is 0 Å². The number of rotatable bonds is 5. The van der Waals surface area contributed by atoms with E-state index in [2.05, 4.69) is 10.6 Å². The zero-order valence-corrected chi connectivity index (χ0v) is 16.8. The molecule has 9 heteroatoms. The molecule has 0 saturated carbocycles. The Morgan fingerprint density at radius 1 is 1.23 bits per heavy atom. The van der Waals surface area contributed by atoms with Crippen LogP contribution in [0.25, 0.3) is 0 Å². The van der Waals surface area contributed by atoms with Crippen molar-refractivity contribution in [2.45, 2.75) is 17.7 Å². The number of hydrogen-bond donors (Lipinski definition) is 2. The van der Waals surface area contributed by atoms with Crippen molar-refractivity contribution in [3.05, 3.63) is 59.9 Å². The van der Waals surface area contributed by atoms with Crippen molar-refractivity contribution < 1.29 is 23.5 Å². The number of amides is 3. The van der Waals surface area contributed by atoms with Crippen molar-refractivity contribution in [1.29, 1.82) is 0 Å². The summed E-state index contributed by atoms with van der Waals surface area (Å²) in [7, 11) is 0. The molecule has 4 rings (SSSR count). The lowest BCUT2D eigenvalue weighted by Crippen LogP contribution is -2.52. The standard InChI is InChI=1S/C21H20FN3O4S/c22-16-7-2-1-4-13(16)10-18-20(27)24-17(12-30-18)19(26)23-14-5-3-6-15(11-14)25-8-9-29-21(25)28/h1-7,11,17-18H,8-10,12H2,(H,23,26)(H,24,27)/t17-,18-/m1/s1. The van der Waals surface area contributed by atoms with Gasteiger partial charge in [-0.3, -0.25) is 14.5 Å². The zero-order valence-electron chi connectivity index (χ0n) is 16.0. The van der Waals surface area contributed by atoms with E-state index in [-0.39, 0.29) is 24.1 Å². The highest BCUT2D eigenvalue weighted by Crippen LogP contribution is 2.25. The number of halogens is 1. The molecule has 0 aliphatic carbocycles. The molecule has 0 spiro atoms. The molecule has 0 unspecified atom stereocenters. The Labute approximate surface area is 177 Å². The zero-order chi connectivity index (χ0) is 21.1. The highest BCUT2D eigenvalue weighted by Gasteiger charge is 2.33. The van der Waals surface area contributed by atoms with Gasteiger partial charge in [0.1, 0.15) is 18.5 Å². The third-order valence-corrected chi connectivity index (χ3v) is 6.25. The maximum Gasteiger partial charge on any atom is 0.414 e. The van der Waals surface area contributed by atoms with Crippen molar-refractivity contribution in [1.82, 2.24) is 5.32 Å². The summed E-state index contributed by atoms with van der Waals surface area (Å²) in [6.07, 6.45) is -0.152. The molecule has 2 heterocycles. The van der Waals surface area contributed by atoms with Crippen LogP contribution in [0.15, 0.2) is 48.5 Å². The van der Waals surface area contributed by atoms with Gasteiger partial charge < -0.3 is 15.4 Å². The van der Waals surface area contributed by atoms with Crippen LogP contribution in [-0.2, 0) is 20.7 Å². The van der Waals surface area contributed by atoms with Crippen LogP contribution in [0.3, 0.4) is 0 Å². The van der Waals surface area contributed by atoms with E-state index in [9.17, 15) is 18.8 Å². The van der Waals surface area contributed by atoms with Crippen molar-refractivity contribution in [2.24, 2.45) is 0 Å². The number of benzene rings is 2. The predicted octanol–water partition coefficient (Wildman–Crippen LogP) is 2.56. The molecule has 2 aromatic carbocycles. The summed E-state index contributed by atoms with van der Waals surface area (Å²) in [4.78, 5) is 38.3. The van der Waals surface area contributed by atoms with E-state index < -0.39 is 17.4 Å². The number of thioether (sulfide) groups is 1. The summed E-state index contributed by atoms with van der Waals surface area (Å²) in [5, 5.41) is 5.05. The molecular formula is C21H20FN3O4S. The maximum absolute atomic E-state index is 13.9. The molecule has 2 aliphatic rings. The van der Waals surface area contributed by atoms with E-state index in [1.165, 1.54) is 22.7 Å². The first kappa shape index (κ1) is 20.2. The van der Waals surface area contributed by atoms with Gasteiger partial charge in [-0.2, -0.15) is 0 Å². The lowest BCUT2D eigenvalue weighted by molar-refractivity contribution is -0.126. The minimum Gasteiger partial charge on any atom is -0.447 e. The topological polar surface area (TPSA) is 87.7 Å². The highest BCUT2D eigenvalue weighted by molar-refractivity contribution is 8.00. The van der Waals surface area contributed by atoms with Crippen LogP contribution in [-0.4, -0.2) is 48.1 Å². The molecule has 3 amide bonds. The monoisotopic (exact) mass is 429 g/mol. The van der Waals surface area contributed by atoms with Crippen LogP contribution in [0, 0.1) is 5.82 Å². The van der Waals surface area contributed by atoms with Crippen LogP contribution in [0.4, 0.5) is 20.6 Å². The van der Waals surface area contributed by atoms with E-state index in [1.807, 2.05) is 0 Å². The highest BCUT2D eigenvalue weighted by atomic mass is 32.2. The van der Waals surface area contributed by atoms with E-state index in [1.54, 1.807) is 42.5 Å².